The molecular formula is C20H30ClNO. The maximum Gasteiger partial charge on any atom is 0.247 e. The molecule has 0 aliphatic rings. The summed E-state index contributed by atoms with van der Waals surface area (Å²) in [5, 5.41) is 3.72. The Kier molecular flexibility index (Phi) is 7.84. The summed E-state index contributed by atoms with van der Waals surface area (Å²) in [5.41, 5.74) is 5.34. The summed E-state index contributed by atoms with van der Waals surface area (Å²) < 4.78 is 0. The third-order valence-electron chi connectivity index (χ3n) is 4.23. The molecular weight excluding hydrogens is 306 g/mol. The minimum absolute atomic E-state index is 0.0146. The molecule has 1 N–H and O–H groups in total. The van der Waals surface area contributed by atoms with Crippen LogP contribution < -0.4 is 5.32 Å². The second kappa shape index (κ2) is 9.12. The van der Waals surface area contributed by atoms with Crippen molar-refractivity contribution in [1.82, 2.24) is 5.32 Å². The van der Waals surface area contributed by atoms with Gasteiger partial charge in [0, 0.05) is 17.1 Å². The van der Waals surface area contributed by atoms with Gasteiger partial charge in [-0.15, -0.1) is 0 Å². The van der Waals surface area contributed by atoms with E-state index in [2.05, 4.69) is 33.0 Å². The number of hydrogen-bond donors (Lipinski definition) is 1. The van der Waals surface area contributed by atoms with Crippen LogP contribution in [-0.2, 0) is 11.2 Å². The molecule has 1 aromatic rings. The zero-order valence-electron chi connectivity index (χ0n) is 15.3. The summed E-state index contributed by atoms with van der Waals surface area (Å²) in [5.74, 6) is 0.587. The molecule has 0 aliphatic carbocycles. The van der Waals surface area contributed by atoms with E-state index in [1.165, 1.54) is 11.1 Å². The van der Waals surface area contributed by atoms with Gasteiger partial charge in [0.15, 0.2) is 0 Å². The van der Waals surface area contributed by atoms with Gasteiger partial charge in [-0.05, 0) is 73.9 Å². The van der Waals surface area contributed by atoms with Gasteiger partial charge >= 0.3 is 0 Å². The SMILES string of the molecule is CCCCNC(=O)/C(C)=C(\C)c1cc(Cl)cc(CC(C)C)c1C. The molecule has 128 valence electrons. The Morgan fingerprint density at radius 3 is 2.48 bits per heavy atom. The van der Waals surface area contributed by atoms with Crippen LogP contribution in [0.4, 0.5) is 0 Å². The zero-order chi connectivity index (χ0) is 17.6. The lowest BCUT2D eigenvalue weighted by Gasteiger charge is -2.16. The van der Waals surface area contributed by atoms with Gasteiger partial charge in [-0.1, -0.05) is 38.8 Å². The quantitative estimate of drug-likeness (QED) is 0.513. The van der Waals surface area contributed by atoms with Crippen LogP contribution in [0.1, 0.15) is 64.2 Å². The summed E-state index contributed by atoms with van der Waals surface area (Å²) in [6.45, 7) is 13.3. The van der Waals surface area contributed by atoms with Gasteiger partial charge in [-0.25, -0.2) is 0 Å². The van der Waals surface area contributed by atoms with Crippen LogP contribution in [0.3, 0.4) is 0 Å². The standard InChI is InChI=1S/C20H30ClNO/c1-7-8-9-22-20(23)15(5)14(4)19-12-18(21)11-17(16(19)6)10-13(2)3/h11-13H,7-10H2,1-6H3,(H,22,23)/b15-14+. The molecule has 0 heterocycles. The van der Waals surface area contributed by atoms with Crippen molar-refractivity contribution in [2.75, 3.05) is 6.54 Å². The van der Waals surface area contributed by atoms with Crippen LogP contribution in [-0.4, -0.2) is 12.5 Å². The number of halogens is 1. The molecule has 0 saturated carbocycles. The lowest BCUT2D eigenvalue weighted by molar-refractivity contribution is -0.117. The highest BCUT2D eigenvalue weighted by molar-refractivity contribution is 6.30. The van der Waals surface area contributed by atoms with Crippen molar-refractivity contribution >= 4 is 23.1 Å². The predicted molar refractivity (Wildman–Crippen MR) is 101 cm³/mol. The highest BCUT2D eigenvalue weighted by atomic mass is 35.5. The Labute approximate surface area is 146 Å². The molecule has 1 rings (SSSR count). The Bertz CT molecular complexity index is 588. The fourth-order valence-corrected chi connectivity index (χ4v) is 2.90. The number of carbonyl (C=O) groups is 1. The second-order valence-electron chi connectivity index (χ2n) is 6.69. The number of hydrogen-bond acceptors (Lipinski definition) is 1. The van der Waals surface area contributed by atoms with E-state index in [0.717, 1.165) is 47.5 Å². The fourth-order valence-electron chi connectivity index (χ4n) is 2.66. The molecule has 1 amide bonds. The fraction of sp³-hybridized carbons (Fsp3) is 0.550. The van der Waals surface area contributed by atoms with Crippen LogP contribution in [0.5, 0.6) is 0 Å². The molecule has 0 aromatic heterocycles. The molecule has 23 heavy (non-hydrogen) atoms. The number of nitrogens with one attached hydrogen (secondary N) is 1. The van der Waals surface area contributed by atoms with Gasteiger partial charge in [0.05, 0.1) is 0 Å². The van der Waals surface area contributed by atoms with E-state index in [9.17, 15) is 4.79 Å². The summed E-state index contributed by atoms with van der Waals surface area (Å²) in [6.07, 6.45) is 3.08. The van der Waals surface area contributed by atoms with E-state index in [-0.39, 0.29) is 5.91 Å². The molecule has 0 unspecified atom stereocenters. The minimum Gasteiger partial charge on any atom is -0.352 e. The lowest BCUT2D eigenvalue weighted by atomic mass is 9.91. The second-order valence-corrected chi connectivity index (χ2v) is 7.13. The monoisotopic (exact) mass is 335 g/mol. The van der Waals surface area contributed by atoms with E-state index < -0.39 is 0 Å². The van der Waals surface area contributed by atoms with Crippen LogP contribution in [0, 0.1) is 12.8 Å². The Morgan fingerprint density at radius 2 is 1.91 bits per heavy atom. The van der Waals surface area contributed by atoms with Crippen molar-refractivity contribution in [3.8, 4) is 0 Å². The van der Waals surface area contributed by atoms with Crippen molar-refractivity contribution in [2.24, 2.45) is 5.92 Å². The van der Waals surface area contributed by atoms with Gasteiger partial charge in [0.1, 0.15) is 0 Å². The summed E-state index contributed by atoms with van der Waals surface area (Å²) in [4.78, 5) is 12.3. The summed E-state index contributed by atoms with van der Waals surface area (Å²) >= 11 is 6.31. The normalized spacial score (nSPS) is 12.3. The van der Waals surface area contributed by atoms with E-state index in [4.69, 9.17) is 11.6 Å². The zero-order valence-corrected chi connectivity index (χ0v) is 16.1. The number of unbranched alkanes of at least 4 members (excludes halogenated alkanes) is 1. The highest BCUT2D eigenvalue weighted by Crippen LogP contribution is 2.29. The number of rotatable bonds is 7. The average Bonchev–Trinajstić information content (AvgIpc) is 2.48. The molecule has 0 radical (unpaired) electrons. The largest absolute Gasteiger partial charge is 0.352 e. The first-order valence-corrected chi connectivity index (χ1v) is 8.90. The first-order chi connectivity index (χ1) is 10.8. The maximum absolute atomic E-state index is 12.3. The van der Waals surface area contributed by atoms with Crippen LogP contribution in [0.2, 0.25) is 5.02 Å². The first-order valence-electron chi connectivity index (χ1n) is 8.52. The van der Waals surface area contributed by atoms with Crippen molar-refractivity contribution in [3.05, 3.63) is 39.4 Å². The van der Waals surface area contributed by atoms with E-state index in [1.54, 1.807) is 0 Å². The van der Waals surface area contributed by atoms with Crippen LogP contribution in [0.15, 0.2) is 17.7 Å². The molecule has 0 bridgehead atoms. The first kappa shape index (κ1) is 19.8. The minimum atomic E-state index is 0.0146. The summed E-state index contributed by atoms with van der Waals surface area (Å²) in [7, 11) is 0. The number of allylic oxidation sites excluding steroid dienone is 1. The Balaban J connectivity index is 3.15. The van der Waals surface area contributed by atoms with Gasteiger partial charge in [-0.3, -0.25) is 4.79 Å². The Hall–Kier alpha value is -1.28. The smallest absolute Gasteiger partial charge is 0.247 e. The Morgan fingerprint density at radius 1 is 1.26 bits per heavy atom. The van der Waals surface area contributed by atoms with Crippen LogP contribution >= 0.6 is 11.6 Å². The number of amides is 1. The van der Waals surface area contributed by atoms with Crippen molar-refractivity contribution in [2.45, 2.75) is 60.8 Å². The topological polar surface area (TPSA) is 29.1 Å². The van der Waals surface area contributed by atoms with Gasteiger partial charge < -0.3 is 5.32 Å². The van der Waals surface area contributed by atoms with Crippen molar-refractivity contribution < 1.29 is 4.79 Å². The maximum atomic E-state index is 12.3. The van der Waals surface area contributed by atoms with E-state index >= 15 is 0 Å². The number of carbonyl (C=O) groups excluding carboxylic acids is 1. The molecule has 1 aromatic carbocycles. The molecule has 0 saturated heterocycles. The van der Waals surface area contributed by atoms with Crippen molar-refractivity contribution in [3.63, 3.8) is 0 Å². The van der Waals surface area contributed by atoms with Gasteiger partial charge in [0.25, 0.3) is 0 Å². The molecule has 2 nitrogen and oxygen atoms in total. The summed E-state index contributed by atoms with van der Waals surface area (Å²) in [6, 6.07) is 4.02. The van der Waals surface area contributed by atoms with Gasteiger partial charge in [0.2, 0.25) is 5.91 Å². The average molecular weight is 336 g/mol. The van der Waals surface area contributed by atoms with Crippen LogP contribution in [0.25, 0.3) is 5.57 Å². The van der Waals surface area contributed by atoms with E-state index in [1.807, 2.05) is 26.0 Å². The molecule has 3 heteroatoms. The molecule has 0 aliphatic heterocycles. The highest BCUT2D eigenvalue weighted by Gasteiger charge is 2.14. The van der Waals surface area contributed by atoms with E-state index in [0.29, 0.717) is 5.92 Å². The molecule has 0 spiro atoms. The third kappa shape index (κ3) is 5.69. The predicted octanol–water partition coefficient (Wildman–Crippen LogP) is 5.56. The third-order valence-corrected chi connectivity index (χ3v) is 4.45. The molecule has 0 fully saturated rings. The molecule has 0 atom stereocenters. The van der Waals surface area contributed by atoms with Gasteiger partial charge in [-0.2, -0.15) is 0 Å². The van der Waals surface area contributed by atoms with Crippen molar-refractivity contribution in [1.29, 1.82) is 0 Å². The number of benzene rings is 1. The lowest BCUT2D eigenvalue weighted by Crippen LogP contribution is -2.25.